The van der Waals surface area contributed by atoms with Crippen LogP contribution in [0.2, 0.25) is 0 Å². The molecule has 2 N–H and O–H groups in total. The van der Waals surface area contributed by atoms with Gasteiger partial charge in [-0.1, -0.05) is 0 Å². The number of nitrogens with two attached hydrogens (primary N) is 1. The zero-order valence-electron chi connectivity index (χ0n) is 11.3. The van der Waals surface area contributed by atoms with Gasteiger partial charge >= 0.3 is 0 Å². The van der Waals surface area contributed by atoms with Crippen LogP contribution in [0.4, 0.5) is 4.39 Å². The number of alkyl halides is 1. The number of amides is 2. The van der Waals surface area contributed by atoms with Gasteiger partial charge in [-0.3, -0.25) is 14.5 Å². The van der Waals surface area contributed by atoms with Gasteiger partial charge in [0.2, 0.25) is 11.8 Å². The minimum Gasteiger partial charge on any atom is -0.467 e. The van der Waals surface area contributed by atoms with Crippen LogP contribution in [0.15, 0.2) is 22.8 Å². The fraction of sp³-hybridized carbons (Fsp3) is 0.538. The summed E-state index contributed by atoms with van der Waals surface area (Å²) in [4.78, 5) is 26.3. The minimum atomic E-state index is -1.12. The SMILES string of the molecule is CN(Cc1ccco1)C(=O)CN1C[C@H](F)C[C@H]1C(N)=O. The lowest BCUT2D eigenvalue weighted by atomic mass is 10.2. The molecule has 0 aliphatic carbocycles. The maximum Gasteiger partial charge on any atom is 0.236 e. The fourth-order valence-corrected chi connectivity index (χ4v) is 2.34. The second-order valence-corrected chi connectivity index (χ2v) is 5.01. The van der Waals surface area contributed by atoms with Crippen LogP contribution in [-0.4, -0.2) is 54.0 Å². The van der Waals surface area contributed by atoms with E-state index in [0.29, 0.717) is 12.3 Å². The number of likely N-dealkylation sites (N-methyl/N-ethyl adjacent to an activating group) is 1. The first-order valence-corrected chi connectivity index (χ1v) is 6.41. The van der Waals surface area contributed by atoms with Gasteiger partial charge < -0.3 is 15.1 Å². The summed E-state index contributed by atoms with van der Waals surface area (Å²) < 4.78 is 18.5. The molecule has 1 aromatic heterocycles. The molecule has 6 nitrogen and oxygen atoms in total. The van der Waals surface area contributed by atoms with Crippen molar-refractivity contribution in [2.75, 3.05) is 20.1 Å². The predicted molar refractivity (Wildman–Crippen MR) is 69.3 cm³/mol. The van der Waals surface area contributed by atoms with Crippen molar-refractivity contribution in [3.05, 3.63) is 24.2 Å². The van der Waals surface area contributed by atoms with Crippen LogP contribution in [0.3, 0.4) is 0 Å². The van der Waals surface area contributed by atoms with E-state index < -0.39 is 18.1 Å². The van der Waals surface area contributed by atoms with E-state index >= 15 is 0 Å². The van der Waals surface area contributed by atoms with E-state index in [-0.39, 0.29) is 25.4 Å². The van der Waals surface area contributed by atoms with Gasteiger partial charge in [-0.15, -0.1) is 0 Å². The Morgan fingerprint density at radius 2 is 2.35 bits per heavy atom. The van der Waals surface area contributed by atoms with Gasteiger partial charge in [-0.05, 0) is 12.1 Å². The number of nitrogens with zero attached hydrogens (tertiary/aromatic N) is 2. The summed E-state index contributed by atoms with van der Waals surface area (Å²) >= 11 is 0. The second-order valence-electron chi connectivity index (χ2n) is 5.01. The highest BCUT2D eigenvalue weighted by Gasteiger charge is 2.37. The first-order chi connectivity index (χ1) is 9.47. The molecule has 20 heavy (non-hydrogen) atoms. The largest absolute Gasteiger partial charge is 0.467 e. The average molecular weight is 283 g/mol. The summed E-state index contributed by atoms with van der Waals surface area (Å²) in [6.07, 6.45) is 0.478. The lowest BCUT2D eigenvalue weighted by molar-refractivity contribution is -0.133. The highest BCUT2D eigenvalue weighted by atomic mass is 19.1. The van der Waals surface area contributed by atoms with Crippen molar-refractivity contribution in [1.82, 2.24) is 9.80 Å². The van der Waals surface area contributed by atoms with E-state index in [2.05, 4.69) is 0 Å². The van der Waals surface area contributed by atoms with E-state index in [9.17, 15) is 14.0 Å². The van der Waals surface area contributed by atoms with Crippen molar-refractivity contribution in [1.29, 1.82) is 0 Å². The summed E-state index contributed by atoms with van der Waals surface area (Å²) in [6, 6.07) is 2.81. The number of rotatable bonds is 5. The predicted octanol–water partition coefficient (Wildman–Crippen LogP) is 0.136. The van der Waals surface area contributed by atoms with Crippen molar-refractivity contribution in [2.45, 2.75) is 25.2 Å². The number of hydrogen-bond donors (Lipinski definition) is 1. The molecule has 1 aliphatic rings. The summed E-state index contributed by atoms with van der Waals surface area (Å²) in [5.74, 6) is -0.134. The molecule has 0 unspecified atom stereocenters. The third kappa shape index (κ3) is 3.36. The average Bonchev–Trinajstić information content (AvgIpc) is 2.98. The second kappa shape index (κ2) is 6.04. The van der Waals surface area contributed by atoms with E-state index in [1.54, 1.807) is 19.2 Å². The normalized spacial score (nSPS) is 22.9. The van der Waals surface area contributed by atoms with E-state index in [4.69, 9.17) is 10.2 Å². The van der Waals surface area contributed by atoms with Gasteiger partial charge in [0, 0.05) is 20.0 Å². The van der Waals surface area contributed by atoms with E-state index in [0.717, 1.165) is 0 Å². The smallest absolute Gasteiger partial charge is 0.236 e. The topological polar surface area (TPSA) is 79.8 Å². The highest BCUT2D eigenvalue weighted by Crippen LogP contribution is 2.20. The number of primary amides is 1. The van der Waals surface area contributed by atoms with Gasteiger partial charge in [0.15, 0.2) is 0 Å². The third-order valence-corrected chi connectivity index (χ3v) is 3.42. The van der Waals surface area contributed by atoms with Gasteiger partial charge in [0.25, 0.3) is 0 Å². The third-order valence-electron chi connectivity index (χ3n) is 3.42. The number of carbonyl (C=O) groups excluding carboxylic acids is 2. The van der Waals surface area contributed by atoms with Crippen LogP contribution in [-0.2, 0) is 16.1 Å². The fourth-order valence-electron chi connectivity index (χ4n) is 2.34. The molecule has 0 saturated carbocycles. The van der Waals surface area contributed by atoms with Crippen molar-refractivity contribution >= 4 is 11.8 Å². The van der Waals surface area contributed by atoms with Gasteiger partial charge in [-0.25, -0.2) is 4.39 Å². The molecule has 1 saturated heterocycles. The van der Waals surface area contributed by atoms with Crippen LogP contribution >= 0.6 is 0 Å². The summed E-state index contributed by atoms with van der Waals surface area (Å²) in [7, 11) is 1.63. The maximum absolute atomic E-state index is 13.4. The number of carbonyl (C=O) groups is 2. The highest BCUT2D eigenvalue weighted by molar-refractivity contribution is 5.82. The number of halogens is 1. The van der Waals surface area contributed by atoms with Crippen LogP contribution in [0.1, 0.15) is 12.2 Å². The Morgan fingerprint density at radius 3 is 2.95 bits per heavy atom. The molecule has 2 atom stereocenters. The van der Waals surface area contributed by atoms with Crippen LogP contribution < -0.4 is 5.73 Å². The Labute approximate surface area is 116 Å². The first kappa shape index (κ1) is 14.5. The molecular formula is C13H18FN3O3. The molecule has 0 radical (unpaired) electrons. The minimum absolute atomic E-state index is 0.0226. The van der Waals surface area contributed by atoms with Crippen molar-refractivity contribution in [3.8, 4) is 0 Å². The Bertz CT molecular complexity index is 477. The number of hydrogen-bond acceptors (Lipinski definition) is 4. The zero-order valence-corrected chi connectivity index (χ0v) is 11.3. The molecule has 110 valence electrons. The lowest BCUT2D eigenvalue weighted by Gasteiger charge is -2.24. The van der Waals surface area contributed by atoms with Gasteiger partial charge in [-0.2, -0.15) is 0 Å². The molecule has 2 amide bonds. The van der Waals surface area contributed by atoms with Crippen LogP contribution in [0, 0.1) is 0 Å². The quantitative estimate of drug-likeness (QED) is 0.833. The molecule has 1 aliphatic heterocycles. The van der Waals surface area contributed by atoms with E-state index in [1.165, 1.54) is 16.1 Å². The summed E-state index contributed by atoms with van der Waals surface area (Å²) in [5, 5.41) is 0. The molecule has 0 bridgehead atoms. The first-order valence-electron chi connectivity index (χ1n) is 6.41. The van der Waals surface area contributed by atoms with Crippen molar-refractivity contribution in [2.24, 2.45) is 5.73 Å². The van der Waals surface area contributed by atoms with Gasteiger partial charge in [0.05, 0.1) is 25.4 Å². The number of furan rings is 1. The number of likely N-dealkylation sites (tertiary alicyclic amines) is 1. The molecule has 2 heterocycles. The molecular weight excluding hydrogens is 265 g/mol. The Hall–Kier alpha value is -1.89. The van der Waals surface area contributed by atoms with E-state index in [1.807, 2.05) is 0 Å². The summed E-state index contributed by atoms with van der Waals surface area (Å²) in [6.45, 7) is 0.374. The molecule has 1 aromatic rings. The molecule has 0 aromatic carbocycles. The molecule has 7 heteroatoms. The van der Waals surface area contributed by atoms with Crippen LogP contribution in [0.5, 0.6) is 0 Å². The molecule has 2 rings (SSSR count). The Kier molecular flexibility index (Phi) is 4.39. The monoisotopic (exact) mass is 283 g/mol. The molecule has 0 spiro atoms. The van der Waals surface area contributed by atoms with Gasteiger partial charge in [0.1, 0.15) is 11.9 Å². The standard InChI is InChI=1S/C13H18FN3O3/c1-16(7-10-3-2-4-20-10)12(18)8-17-6-9(14)5-11(17)13(15)19/h2-4,9,11H,5-8H2,1H3,(H2,15,19)/t9-,11+/m1/s1. The lowest BCUT2D eigenvalue weighted by Crippen LogP contribution is -2.45. The summed E-state index contributed by atoms with van der Waals surface area (Å²) in [5.41, 5.74) is 5.22. The van der Waals surface area contributed by atoms with Crippen molar-refractivity contribution < 1.29 is 18.4 Å². The van der Waals surface area contributed by atoms with Crippen molar-refractivity contribution in [3.63, 3.8) is 0 Å². The maximum atomic E-state index is 13.4. The Morgan fingerprint density at radius 1 is 1.60 bits per heavy atom. The zero-order chi connectivity index (χ0) is 14.7. The Balaban J connectivity index is 1.91. The van der Waals surface area contributed by atoms with Crippen LogP contribution in [0.25, 0.3) is 0 Å². The molecule has 1 fully saturated rings.